The molecule has 26 heavy (non-hydrogen) atoms. The van der Waals surface area contributed by atoms with E-state index in [0.29, 0.717) is 6.54 Å². The van der Waals surface area contributed by atoms with E-state index in [9.17, 15) is 4.39 Å². The molecule has 1 heterocycles. The molecule has 2 aromatic rings. The van der Waals surface area contributed by atoms with Gasteiger partial charge in [-0.3, -0.25) is 4.90 Å². The SMILES string of the molecule is CN(Cc1ccc(B2OC(C)(C)C(C)(C)O2)cc1)Cc1cccc(F)c1. The molecule has 1 saturated heterocycles. The van der Waals surface area contributed by atoms with Gasteiger partial charge in [0.25, 0.3) is 0 Å². The van der Waals surface area contributed by atoms with Crippen LogP contribution in [0.3, 0.4) is 0 Å². The molecule has 1 fully saturated rings. The lowest BCUT2D eigenvalue weighted by molar-refractivity contribution is 0.00578. The van der Waals surface area contributed by atoms with Gasteiger partial charge in [-0.05, 0) is 63.5 Å². The number of benzene rings is 2. The van der Waals surface area contributed by atoms with Crippen LogP contribution in [0.1, 0.15) is 38.8 Å². The Kier molecular flexibility index (Phi) is 5.24. The molecule has 2 aromatic carbocycles. The van der Waals surface area contributed by atoms with Gasteiger partial charge in [-0.1, -0.05) is 36.4 Å². The van der Waals surface area contributed by atoms with Crippen LogP contribution in [-0.4, -0.2) is 30.3 Å². The average Bonchev–Trinajstić information content (AvgIpc) is 2.76. The summed E-state index contributed by atoms with van der Waals surface area (Å²) in [6.45, 7) is 9.73. The molecule has 3 nitrogen and oxygen atoms in total. The summed E-state index contributed by atoms with van der Waals surface area (Å²) in [5.74, 6) is -0.192. The highest BCUT2D eigenvalue weighted by molar-refractivity contribution is 6.62. The Hall–Kier alpha value is -1.69. The Labute approximate surface area is 156 Å². The standard InChI is InChI=1S/C21H27BFNO2/c1-20(2)21(3,4)26-22(25-20)18-11-9-16(10-12-18)14-24(5)15-17-7-6-8-19(23)13-17/h6-13H,14-15H2,1-5H3. The lowest BCUT2D eigenvalue weighted by atomic mass is 9.79. The first-order chi connectivity index (χ1) is 12.2. The first kappa shape index (κ1) is 19.1. The Bertz CT molecular complexity index is 745. The van der Waals surface area contributed by atoms with E-state index in [1.807, 2.05) is 13.1 Å². The van der Waals surface area contributed by atoms with Crippen LogP contribution < -0.4 is 5.46 Å². The molecule has 0 aliphatic carbocycles. The predicted octanol–water partition coefficient (Wildman–Crippen LogP) is 3.76. The minimum atomic E-state index is -0.334. The predicted molar refractivity (Wildman–Crippen MR) is 104 cm³/mol. The number of nitrogens with zero attached hydrogens (tertiary/aromatic N) is 1. The summed E-state index contributed by atoms with van der Waals surface area (Å²) >= 11 is 0. The maximum absolute atomic E-state index is 13.3. The van der Waals surface area contributed by atoms with E-state index in [0.717, 1.165) is 17.6 Å². The van der Waals surface area contributed by atoms with Crippen molar-refractivity contribution in [2.45, 2.75) is 52.0 Å². The Balaban J connectivity index is 1.61. The number of hydrogen-bond donors (Lipinski definition) is 0. The highest BCUT2D eigenvalue weighted by atomic mass is 19.1. The largest absolute Gasteiger partial charge is 0.494 e. The van der Waals surface area contributed by atoms with E-state index in [2.05, 4.69) is 56.9 Å². The average molecular weight is 355 g/mol. The van der Waals surface area contributed by atoms with E-state index in [-0.39, 0.29) is 24.1 Å². The molecule has 5 heteroatoms. The van der Waals surface area contributed by atoms with Crippen LogP contribution in [0.15, 0.2) is 48.5 Å². The van der Waals surface area contributed by atoms with Gasteiger partial charge in [0.05, 0.1) is 11.2 Å². The molecule has 3 rings (SSSR count). The van der Waals surface area contributed by atoms with Gasteiger partial charge in [-0.2, -0.15) is 0 Å². The fourth-order valence-corrected chi connectivity index (χ4v) is 3.07. The molecule has 0 atom stereocenters. The molecule has 0 bridgehead atoms. The summed E-state index contributed by atoms with van der Waals surface area (Å²) in [5, 5.41) is 0. The Morgan fingerprint density at radius 1 is 0.885 bits per heavy atom. The van der Waals surface area contributed by atoms with Crippen LogP contribution in [0, 0.1) is 5.82 Å². The summed E-state index contributed by atoms with van der Waals surface area (Å²) in [6, 6.07) is 15.1. The molecule has 0 amide bonds. The van der Waals surface area contributed by atoms with Gasteiger partial charge in [0.2, 0.25) is 0 Å². The Morgan fingerprint density at radius 3 is 2.04 bits per heavy atom. The lowest BCUT2D eigenvalue weighted by Crippen LogP contribution is -2.41. The third-order valence-corrected chi connectivity index (χ3v) is 5.30. The van der Waals surface area contributed by atoms with Gasteiger partial charge in [0.15, 0.2) is 0 Å². The first-order valence-corrected chi connectivity index (χ1v) is 9.04. The molecular formula is C21H27BFNO2. The maximum atomic E-state index is 13.3. The van der Waals surface area contributed by atoms with E-state index in [1.54, 1.807) is 12.1 Å². The zero-order valence-electron chi connectivity index (χ0n) is 16.3. The van der Waals surface area contributed by atoms with Crippen molar-refractivity contribution in [2.24, 2.45) is 0 Å². The van der Waals surface area contributed by atoms with Crippen molar-refractivity contribution in [1.29, 1.82) is 0 Å². The van der Waals surface area contributed by atoms with E-state index in [4.69, 9.17) is 9.31 Å². The van der Waals surface area contributed by atoms with Crippen molar-refractivity contribution in [1.82, 2.24) is 4.90 Å². The quantitative estimate of drug-likeness (QED) is 0.763. The van der Waals surface area contributed by atoms with Crippen molar-refractivity contribution >= 4 is 12.6 Å². The van der Waals surface area contributed by atoms with Gasteiger partial charge in [-0.25, -0.2) is 4.39 Å². The van der Waals surface area contributed by atoms with Crippen LogP contribution in [-0.2, 0) is 22.4 Å². The van der Waals surface area contributed by atoms with Crippen LogP contribution in [0.5, 0.6) is 0 Å². The van der Waals surface area contributed by atoms with Crippen molar-refractivity contribution in [3.05, 3.63) is 65.5 Å². The fraction of sp³-hybridized carbons (Fsp3) is 0.429. The van der Waals surface area contributed by atoms with Crippen LogP contribution in [0.25, 0.3) is 0 Å². The molecule has 0 unspecified atom stereocenters. The maximum Gasteiger partial charge on any atom is 0.494 e. The minimum absolute atomic E-state index is 0.192. The second-order valence-corrected chi connectivity index (χ2v) is 8.13. The number of rotatable bonds is 5. The van der Waals surface area contributed by atoms with Crippen LogP contribution in [0.2, 0.25) is 0 Å². The summed E-state index contributed by atoms with van der Waals surface area (Å²) in [5.41, 5.74) is 2.54. The van der Waals surface area contributed by atoms with Crippen molar-refractivity contribution in [2.75, 3.05) is 7.05 Å². The second-order valence-electron chi connectivity index (χ2n) is 8.13. The van der Waals surface area contributed by atoms with Gasteiger partial charge in [0.1, 0.15) is 5.82 Å². The Morgan fingerprint density at radius 2 is 1.46 bits per heavy atom. The summed E-state index contributed by atoms with van der Waals surface area (Å²) in [4.78, 5) is 2.17. The smallest absolute Gasteiger partial charge is 0.399 e. The van der Waals surface area contributed by atoms with Crippen molar-refractivity contribution in [3.63, 3.8) is 0 Å². The highest BCUT2D eigenvalue weighted by Gasteiger charge is 2.51. The molecule has 0 spiro atoms. The van der Waals surface area contributed by atoms with Crippen molar-refractivity contribution < 1.29 is 13.7 Å². The lowest BCUT2D eigenvalue weighted by Gasteiger charge is -2.32. The summed E-state index contributed by atoms with van der Waals surface area (Å²) in [6.07, 6.45) is 0. The first-order valence-electron chi connectivity index (χ1n) is 9.04. The molecule has 1 aliphatic rings. The van der Waals surface area contributed by atoms with Gasteiger partial charge in [-0.15, -0.1) is 0 Å². The molecule has 0 radical (unpaired) electrons. The van der Waals surface area contributed by atoms with E-state index in [1.165, 1.54) is 11.6 Å². The topological polar surface area (TPSA) is 21.7 Å². The summed E-state index contributed by atoms with van der Waals surface area (Å²) < 4.78 is 25.5. The summed E-state index contributed by atoms with van der Waals surface area (Å²) in [7, 11) is 1.70. The molecule has 0 aromatic heterocycles. The van der Waals surface area contributed by atoms with Gasteiger partial charge in [0, 0.05) is 13.1 Å². The van der Waals surface area contributed by atoms with E-state index < -0.39 is 0 Å². The normalized spacial score (nSPS) is 18.5. The zero-order chi connectivity index (χ0) is 18.9. The molecule has 1 aliphatic heterocycles. The van der Waals surface area contributed by atoms with Crippen LogP contribution >= 0.6 is 0 Å². The molecule has 0 saturated carbocycles. The zero-order valence-corrected chi connectivity index (χ0v) is 16.3. The number of hydrogen-bond acceptors (Lipinski definition) is 3. The van der Waals surface area contributed by atoms with Crippen molar-refractivity contribution in [3.8, 4) is 0 Å². The number of halogens is 1. The van der Waals surface area contributed by atoms with E-state index >= 15 is 0 Å². The fourth-order valence-electron chi connectivity index (χ4n) is 3.07. The molecule has 138 valence electrons. The van der Waals surface area contributed by atoms with Gasteiger partial charge >= 0.3 is 7.12 Å². The minimum Gasteiger partial charge on any atom is -0.399 e. The molecule has 0 N–H and O–H groups in total. The monoisotopic (exact) mass is 355 g/mol. The third kappa shape index (κ3) is 4.17. The highest BCUT2D eigenvalue weighted by Crippen LogP contribution is 2.36. The van der Waals surface area contributed by atoms with Gasteiger partial charge < -0.3 is 9.31 Å². The third-order valence-electron chi connectivity index (χ3n) is 5.30. The van der Waals surface area contributed by atoms with Crippen LogP contribution in [0.4, 0.5) is 4.39 Å². The molecular weight excluding hydrogens is 328 g/mol. The second kappa shape index (κ2) is 7.14.